The van der Waals surface area contributed by atoms with E-state index in [1.807, 2.05) is 11.3 Å². The Bertz CT molecular complexity index is 4320. The summed E-state index contributed by atoms with van der Waals surface area (Å²) in [5.41, 5.74) is 26.4. The maximum atomic E-state index is 7.93. The monoisotopic (exact) mass is 1090 g/mol. The van der Waals surface area contributed by atoms with Crippen molar-refractivity contribution in [3.05, 3.63) is 190 Å². The van der Waals surface area contributed by atoms with E-state index in [0.29, 0.717) is 0 Å². The van der Waals surface area contributed by atoms with Crippen LogP contribution in [-0.4, -0.2) is 6.71 Å². The summed E-state index contributed by atoms with van der Waals surface area (Å²) in [6, 6.07) is 57.1. The number of benzene rings is 8. The first-order valence-corrected chi connectivity index (χ1v) is 31.3. The lowest BCUT2D eigenvalue weighted by Gasteiger charge is -2.47. The maximum absolute atomic E-state index is 7.93. The van der Waals surface area contributed by atoms with E-state index in [9.17, 15) is 0 Å². The molecule has 0 amide bonds. The van der Waals surface area contributed by atoms with Crippen LogP contribution in [-0.2, 0) is 32.5 Å². The van der Waals surface area contributed by atoms with E-state index in [4.69, 9.17) is 4.42 Å². The van der Waals surface area contributed by atoms with Gasteiger partial charge in [0.25, 0.3) is 6.71 Å². The molecule has 0 bridgehead atoms. The molecule has 10 aromatic rings. The van der Waals surface area contributed by atoms with Crippen molar-refractivity contribution in [2.75, 3.05) is 14.7 Å². The predicted octanol–water partition coefficient (Wildman–Crippen LogP) is 20.0. The Kier molecular flexibility index (Phi) is 10.9. The molecule has 4 nitrogen and oxygen atoms in total. The number of hydrogen-bond donors (Lipinski definition) is 0. The molecule has 15 rings (SSSR count). The van der Waals surface area contributed by atoms with Crippen LogP contribution < -0.4 is 31.3 Å². The predicted molar refractivity (Wildman–Crippen MR) is 353 cm³/mol. The minimum absolute atomic E-state index is 0.00473. The number of hydrogen-bond acceptors (Lipinski definition) is 5. The second kappa shape index (κ2) is 17.3. The molecule has 0 unspecified atom stereocenters. The average Bonchev–Trinajstić information content (AvgIpc) is 1.75. The van der Waals surface area contributed by atoms with Crippen LogP contribution in [0.15, 0.2) is 150 Å². The molecule has 0 atom stereocenters. The van der Waals surface area contributed by atoms with Crippen molar-refractivity contribution in [2.45, 2.75) is 168 Å². The summed E-state index contributed by atoms with van der Waals surface area (Å²) in [6.07, 6.45) is 6.82. The van der Waals surface area contributed by atoms with Gasteiger partial charge in [-0.15, -0.1) is 11.3 Å². The quantitative estimate of drug-likeness (QED) is 0.160. The van der Waals surface area contributed by atoms with Gasteiger partial charge < -0.3 is 19.1 Å². The first-order chi connectivity index (χ1) is 38.9. The van der Waals surface area contributed by atoms with Crippen LogP contribution in [0.5, 0.6) is 0 Å². The smallest absolute Gasteiger partial charge is 0.297 e. The Labute approximate surface area is 491 Å². The molecule has 0 spiro atoms. The molecule has 6 heteroatoms. The van der Waals surface area contributed by atoms with E-state index in [2.05, 4.69) is 257 Å². The third kappa shape index (κ3) is 7.41. The number of aryl methyl sites for hydroxylation is 2. The summed E-state index contributed by atoms with van der Waals surface area (Å²) >= 11 is 1.90. The van der Waals surface area contributed by atoms with Crippen LogP contribution in [0.25, 0.3) is 31.1 Å². The fraction of sp³-hybridized carbons (Fsp3) is 0.342. The molecular weight excluding hydrogens is 1010 g/mol. The summed E-state index contributed by atoms with van der Waals surface area (Å²) in [5.74, 6) is 0. The van der Waals surface area contributed by atoms with Crippen molar-refractivity contribution in [2.24, 2.45) is 0 Å². The zero-order valence-electron chi connectivity index (χ0n) is 50.8. The summed E-state index contributed by atoms with van der Waals surface area (Å²) in [5, 5.41) is 3.79. The van der Waals surface area contributed by atoms with E-state index in [1.165, 1.54) is 126 Å². The van der Waals surface area contributed by atoms with Gasteiger partial charge in [-0.05, 0) is 213 Å². The molecule has 8 aromatic carbocycles. The van der Waals surface area contributed by atoms with E-state index in [-0.39, 0.29) is 39.2 Å². The number of fused-ring (bicyclic) bond motifs is 12. The first-order valence-electron chi connectivity index (χ1n) is 30.5. The highest BCUT2D eigenvalue weighted by molar-refractivity contribution is 7.26. The van der Waals surface area contributed by atoms with Gasteiger partial charge in [0, 0.05) is 59.7 Å². The number of furan rings is 1. The molecule has 412 valence electrons. The van der Waals surface area contributed by atoms with Crippen molar-refractivity contribution in [1.82, 2.24) is 0 Å². The fourth-order valence-corrected chi connectivity index (χ4v) is 17.1. The van der Waals surface area contributed by atoms with Crippen LogP contribution in [0.4, 0.5) is 51.2 Å². The Morgan fingerprint density at radius 2 is 0.951 bits per heavy atom. The summed E-state index contributed by atoms with van der Waals surface area (Å²) in [7, 11) is 0. The average molecular weight is 1090 g/mol. The zero-order chi connectivity index (χ0) is 56.9. The molecule has 0 saturated carbocycles. The number of thiophene rings is 1. The molecular formula is C76H78BN3OS. The standard InChI is InChI=1S/C76H78BN3OS/c1-45-22-15-18-25-58(45)78(59-26-19-16-23-46(59)2)48-39-62-68-63(40-48)80(60-27-21-29-66-67(60)49-24-17-20-28-65(49)82-66)61-43-55-54(74(9,10)35-36-75(55,11)12)42-57(61)77(68)70-69(50-41-53-56(44-64(50)81-70)76(13,14)37-34-73(53,7)8)79(62)47-30-31-51-52(38-47)72(5,6)33-32-71(51,3)4/h15-31,38-44H,32-37H2,1-14H3. The van der Waals surface area contributed by atoms with Gasteiger partial charge in [-0.2, -0.15) is 0 Å². The number of para-hydroxylation sites is 2. The van der Waals surface area contributed by atoms with Gasteiger partial charge in [0.05, 0.1) is 22.7 Å². The Balaban J connectivity index is 1.15. The van der Waals surface area contributed by atoms with Crippen LogP contribution >= 0.6 is 11.3 Å². The van der Waals surface area contributed by atoms with Crippen molar-refractivity contribution in [3.8, 4) is 0 Å². The molecule has 0 N–H and O–H groups in total. The Morgan fingerprint density at radius 3 is 1.57 bits per heavy atom. The molecule has 0 fully saturated rings. The minimum Gasteiger partial charge on any atom is -0.468 e. The Morgan fingerprint density at radius 1 is 0.439 bits per heavy atom. The number of anilines is 9. The maximum Gasteiger partial charge on any atom is 0.297 e. The highest BCUT2D eigenvalue weighted by atomic mass is 32.1. The highest BCUT2D eigenvalue weighted by Crippen LogP contribution is 2.57. The SMILES string of the molecule is Cc1ccccc1N(c1cc2c3c(c1)N(c1cccc4sc5ccccc5c14)c1cc4c(cc1B3c1oc3cc5c(cc3c1N2c1ccc2c(c1)C(C)(C)CCC2(C)C)C(C)(C)CCC5(C)C)C(C)(C)CCC4(C)C)c1ccccc1C. The third-order valence-corrected chi connectivity index (χ3v) is 22.4. The topological polar surface area (TPSA) is 22.9 Å². The van der Waals surface area contributed by atoms with E-state index < -0.39 is 0 Å². The molecule has 0 radical (unpaired) electrons. The van der Waals surface area contributed by atoms with Crippen LogP contribution in [0.3, 0.4) is 0 Å². The van der Waals surface area contributed by atoms with Gasteiger partial charge >= 0.3 is 0 Å². The van der Waals surface area contributed by atoms with Crippen LogP contribution in [0, 0.1) is 13.8 Å². The van der Waals surface area contributed by atoms with Crippen LogP contribution in [0.2, 0.25) is 0 Å². The molecule has 3 aliphatic carbocycles. The van der Waals surface area contributed by atoms with Crippen molar-refractivity contribution in [3.63, 3.8) is 0 Å². The van der Waals surface area contributed by atoms with Gasteiger partial charge in [-0.3, -0.25) is 0 Å². The number of nitrogens with zero attached hydrogens (tertiary/aromatic N) is 3. The largest absolute Gasteiger partial charge is 0.468 e. The lowest BCUT2D eigenvalue weighted by Crippen LogP contribution is -2.61. The minimum atomic E-state index is -0.218. The highest BCUT2D eigenvalue weighted by Gasteiger charge is 2.51. The second-order valence-electron chi connectivity index (χ2n) is 29.4. The van der Waals surface area contributed by atoms with Gasteiger partial charge in [-0.1, -0.05) is 156 Å². The molecule has 2 aromatic heterocycles. The normalized spacial score (nSPS) is 19.1. The zero-order valence-corrected chi connectivity index (χ0v) is 51.7. The van der Waals surface area contributed by atoms with Gasteiger partial charge in [0.2, 0.25) is 0 Å². The van der Waals surface area contributed by atoms with Crippen molar-refractivity contribution >= 4 is 117 Å². The molecule has 0 saturated heterocycles. The Hall–Kier alpha value is -7.02. The molecule has 2 aliphatic heterocycles. The van der Waals surface area contributed by atoms with Crippen LogP contribution in [0.1, 0.15) is 166 Å². The van der Waals surface area contributed by atoms with Gasteiger partial charge in [-0.25, -0.2) is 0 Å². The van der Waals surface area contributed by atoms with Gasteiger partial charge in [0.1, 0.15) is 5.58 Å². The van der Waals surface area contributed by atoms with E-state index in [0.717, 1.165) is 55.5 Å². The summed E-state index contributed by atoms with van der Waals surface area (Å²) < 4.78 is 10.5. The number of rotatable bonds is 5. The fourth-order valence-electron chi connectivity index (χ4n) is 15.9. The lowest BCUT2D eigenvalue weighted by atomic mass is 9.35. The van der Waals surface area contributed by atoms with Gasteiger partial charge in [0.15, 0.2) is 0 Å². The van der Waals surface area contributed by atoms with E-state index >= 15 is 0 Å². The first kappa shape index (κ1) is 51.8. The van der Waals surface area contributed by atoms with Crippen molar-refractivity contribution < 1.29 is 4.42 Å². The summed E-state index contributed by atoms with van der Waals surface area (Å²) in [4.78, 5) is 7.97. The molecule has 82 heavy (non-hydrogen) atoms. The molecule has 5 aliphatic rings. The van der Waals surface area contributed by atoms with Crippen molar-refractivity contribution in [1.29, 1.82) is 0 Å². The lowest BCUT2D eigenvalue weighted by molar-refractivity contribution is 0.332. The molecule has 4 heterocycles. The third-order valence-electron chi connectivity index (χ3n) is 21.3. The summed E-state index contributed by atoms with van der Waals surface area (Å²) in [6.45, 7) is 34.0. The second-order valence-corrected chi connectivity index (χ2v) is 30.4. The van der Waals surface area contributed by atoms with E-state index in [1.54, 1.807) is 0 Å².